The van der Waals surface area contributed by atoms with E-state index in [0.717, 1.165) is 41.7 Å². The standard InChI is InChI=1S/C24H27N5O2S/c1-17(2)15-22-25-21(28-31-22)16-32-24-27-26-23(19-9-11-20(30-3)12-10-19)29(24)14-13-18-7-5-4-6-8-18/h4-12,17H,13-16H2,1-3H3. The van der Waals surface area contributed by atoms with Gasteiger partial charge in [-0.15, -0.1) is 10.2 Å². The number of ether oxygens (including phenoxy) is 1. The Labute approximate surface area is 192 Å². The van der Waals surface area contributed by atoms with Gasteiger partial charge in [0, 0.05) is 18.5 Å². The van der Waals surface area contributed by atoms with Crippen molar-refractivity contribution in [3.05, 3.63) is 71.9 Å². The summed E-state index contributed by atoms with van der Waals surface area (Å²) in [4.78, 5) is 4.50. The maximum atomic E-state index is 5.37. The van der Waals surface area contributed by atoms with Crippen molar-refractivity contribution in [2.24, 2.45) is 5.92 Å². The normalized spacial score (nSPS) is 11.2. The first-order valence-corrected chi connectivity index (χ1v) is 11.7. The van der Waals surface area contributed by atoms with Crippen LogP contribution >= 0.6 is 11.8 Å². The van der Waals surface area contributed by atoms with Crippen LogP contribution in [0.2, 0.25) is 0 Å². The van der Waals surface area contributed by atoms with Crippen molar-refractivity contribution >= 4 is 11.8 Å². The number of methoxy groups -OCH3 is 1. The molecule has 7 nitrogen and oxygen atoms in total. The summed E-state index contributed by atoms with van der Waals surface area (Å²) >= 11 is 1.57. The second-order valence-corrected chi connectivity index (χ2v) is 8.86. The highest BCUT2D eigenvalue weighted by molar-refractivity contribution is 7.98. The molecule has 0 saturated heterocycles. The molecule has 4 aromatic rings. The molecule has 0 atom stereocenters. The first-order valence-electron chi connectivity index (χ1n) is 10.7. The minimum absolute atomic E-state index is 0.476. The third-order valence-corrected chi connectivity index (χ3v) is 5.92. The second-order valence-electron chi connectivity index (χ2n) is 7.91. The molecule has 0 spiro atoms. The maximum absolute atomic E-state index is 5.37. The van der Waals surface area contributed by atoms with E-state index in [2.05, 4.69) is 63.0 Å². The van der Waals surface area contributed by atoms with Crippen LogP contribution in [0.1, 0.15) is 31.1 Å². The molecule has 0 aliphatic heterocycles. The molecule has 0 unspecified atom stereocenters. The fraction of sp³-hybridized carbons (Fsp3) is 0.333. The maximum Gasteiger partial charge on any atom is 0.226 e. The summed E-state index contributed by atoms with van der Waals surface area (Å²) in [5, 5.41) is 13.9. The molecular formula is C24H27N5O2S. The monoisotopic (exact) mass is 449 g/mol. The van der Waals surface area contributed by atoms with E-state index in [4.69, 9.17) is 9.26 Å². The number of hydrogen-bond donors (Lipinski definition) is 0. The number of hydrogen-bond acceptors (Lipinski definition) is 7. The summed E-state index contributed by atoms with van der Waals surface area (Å²) < 4.78 is 12.8. The number of benzene rings is 2. The molecule has 2 aromatic heterocycles. The molecule has 4 rings (SSSR count). The Morgan fingerprint density at radius 2 is 1.81 bits per heavy atom. The van der Waals surface area contributed by atoms with E-state index in [9.17, 15) is 0 Å². The Bertz CT molecular complexity index is 1120. The number of thioether (sulfide) groups is 1. The van der Waals surface area contributed by atoms with Gasteiger partial charge in [0.25, 0.3) is 0 Å². The molecule has 0 bridgehead atoms. The molecule has 2 heterocycles. The Hall–Kier alpha value is -3.13. The summed E-state index contributed by atoms with van der Waals surface area (Å²) in [5.41, 5.74) is 2.27. The quantitative estimate of drug-likeness (QED) is 0.313. The molecule has 32 heavy (non-hydrogen) atoms. The molecule has 8 heteroatoms. The lowest BCUT2D eigenvalue weighted by atomic mass is 10.1. The van der Waals surface area contributed by atoms with Crippen molar-refractivity contribution in [2.45, 2.75) is 44.1 Å². The summed E-state index contributed by atoms with van der Waals surface area (Å²) in [6.07, 6.45) is 1.67. The van der Waals surface area contributed by atoms with Crippen molar-refractivity contribution in [2.75, 3.05) is 7.11 Å². The molecule has 0 aliphatic carbocycles. The number of rotatable bonds is 10. The molecular weight excluding hydrogens is 422 g/mol. The average molecular weight is 450 g/mol. The van der Waals surface area contributed by atoms with Gasteiger partial charge in [0.15, 0.2) is 16.8 Å². The van der Waals surface area contributed by atoms with E-state index in [0.29, 0.717) is 23.4 Å². The van der Waals surface area contributed by atoms with Crippen molar-refractivity contribution in [3.8, 4) is 17.1 Å². The summed E-state index contributed by atoms with van der Waals surface area (Å²) in [5.74, 6) is 4.05. The molecule has 166 valence electrons. The van der Waals surface area contributed by atoms with Crippen LogP contribution in [0.4, 0.5) is 0 Å². The van der Waals surface area contributed by atoms with E-state index >= 15 is 0 Å². The Morgan fingerprint density at radius 3 is 2.53 bits per heavy atom. The zero-order valence-corrected chi connectivity index (χ0v) is 19.4. The third-order valence-electron chi connectivity index (χ3n) is 4.96. The lowest BCUT2D eigenvalue weighted by molar-refractivity contribution is 0.360. The van der Waals surface area contributed by atoms with Crippen LogP contribution in [0, 0.1) is 5.92 Å². The Morgan fingerprint density at radius 1 is 1.03 bits per heavy atom. The van der Waals surface area contributed by atoms with Crippen LogP contribution in [-0.4, -0.2) is 32.0 Å². The van der Waals surface area contributed by atoms with Gasteiger partial charge in [0.1, 0.15) is 5.75 Å². The van der Waals surface area contributed by atoms with Crippen molar-refractivity contribution in [3.63, 3.8) is 0 Å². The minimum Gasteiger partial charge on any atom is -0.497 e. The van der Waals surface area contributed by atoms with Gasteiger partial charge in [-0.2, -0.15) is 4.98 Å². The van der Waals surface area contributed by atoms with Gasteiger partial charge in [-0.05, 0) is 42.2 Å². The zero-order chi connectivity index (χ0) is 22.3. The molecule has 2 aromatic carbocycles. The molecule has 0 N–H and O–H groups in total. The highest BCUT2D eigenvalue weighted by atomic mass is 32.2. The van der Waals surface area contributed by atoms with E-state index in [-0.39, 0.29) is 0 Å². The third kappa shape index (κ3) is 5.56. The fourth-order valence-electron chi connectivity index (χ4n) is 3.35. The second kappa shape index (κ2) is 10.5. The first kappa shape index (κ1) is 22.1. The Balaban J connectivity index is 1.54. The van der Waals surface area contributed by atoms with Crippen molar-refractivity contribution < 1.29 is 9.26 Å². The van der Waals surface area contributed by atoms with E-state index in [1.54, 1.807) is 18.9 Å². The van der Waals surface area contributed by atoms with Gasteiger partial charge in [-0.1, -0.05) is 61.1 Å². The van der Waals surface area contributed by atoms with Gasteiger partial charge in [-0.25, -0.2) is 0 Å². The minimum atomic E-state index is 0.476. The SMILES string of the molecule is COc1ccc(-c2nnc(SCc3noc(CC(C)C)n3)n2CCc2ccccc2)cc1. The van der Waals surface area contributed by atoms with Crippen LogP contribution in [0.5, 0.6) is 5.75 Å². The largest absolute Gasteiger partial charge is 0.497 e. The molecule has 0 radical (unpaired) electrons. The van der Waals surface area contributed by atoms with Gasteiger partial charge in [0.05, 0.1) is 12.9 Å². The van der Waals surface area contributed by atoms with Gasteiger partial charge < -0.3 is 13.8 Å². The average Bonchev–Trinajstić information content (AvgIpc) is 3.43. The molecule has 0 amide bonds. The topological polar surface area (TPSA) is 78.9 Å². The van der Waals surface area contributed by atoms with Crippen LogP contribution in [-0.2, 0) is 25.1 Å². The van der Waals surface area contributed by atoms with E-state index in [1.165, 1.54) is 5.56 Å². The molecule has 0 fully saturated rings. The van der Waals surface area contributed by atoms with Gasteiger partial charge >= 0.3 is 0 Å². The predicted molar refractivity (Wildman–Crippen MR) is 125 cm³/mol. The smallest absolute Gasteiger partial charge is 0.226 e. The molecule has 0 saturated carbocycles. The fourth-order valence-corrected chi connectivity index (χ4v) is 4.15. The highest BCUT2D eigenvalue weighted by Crippen LogP contribution is 2.27. The van der Waals surface area contributed by atoms with Crippen molar-refractivity contribution in [1.29, 1.82) is 0 Å². The number of aryl methyl sites for hydroxylation is 1. The summed E-state index contributed by atoms with van der Waals surface area (Å²) in [6.45, 7) is 5.04. The Kier molecular flexibility index (Phi) is 7.21. The van der Waals surface area contributed by atoms with Crippen molar-refractivity contribution in [1.82, 2.24) is 24.9 Å². The van der Waals surface area contributed by atoms with Crippen LogP contribution in [0.3, 0.4) is 0 Å². The van der Waals surface area contributed by atoms with Crippen LogP contribution in [0.25, 0.3) is 11.4 Å². The zero-order valence-electron chi connectivity index (χ0n) is 18.6. The summed E-state index contributed by atoms with van der Waals surface area (Å²) in [6, 6.07) is 18.3. The van der Waals surface area contributed by atoms with Gasteiger partial charge in [-0.3, -0.25) is 0 Å². The predicted octanol–water partition coefficient (Wildman–Crippen LogP) is 5.07. The van der Waals surface area contributed by atoms with E-state index in [1.807, 2.05) is 30.3 Å². The van der Waals surface area contributed by atoms with E-state index < -0.39 is 0 Å². The number of nitrogens with zero attached hydrogens (tertiary/aromatic N) is 5. The first-order chi connectivity index (χ1) is 15.6. The van der Waals surface area contributed by atoms with Crippen LogP contribution in [0.15, 0.2) is 64.3 Å². The summed E-state index contributed by atoms with van der Waals surface area (Å²) in [7, 11) is 1.66. The van der Waals surface area contributed by atoms with Crippen LogP contribution < -0.4 is 4.74 Å². The highest BCUT2D eigenvalue weighted by Gasteiger charge is 2.16. The lowest BCUT2D eigenvalue weighted by Crippen LogP contribution is -2.05. The number of aromatic nitrogens is 5. The molecule has 0 aliphatic rings. The van der Waals surface area contributed by atoms with Gasteiger partial charge in [0.2, 0.25) is 5.89 Å². The lowest BCUT2D eigenvalue weighted by Gasteiger charge is -2.10.